The number of hydrogen-bond acceptors (Lipinski definition) is 6. The number of rotatable bonds is 11. The maximum atomic E-state index is 12.3. The van der Waals surface area contributed by atoms with Gasteiger partial charge in [-0.25, -0.2) is 8.42 Å². The van der Waals surface area contributed by atoms with Crippen molar-refractivity contribution >= 4 is 27.3 Å². The number of ether oxygens (including phenoxy) is 2. The summed E-state index contributed by atoms with van der Waals surface area (Å²) in [6, 6.07) is 15.1. The van der Waals surface area contributed by atoms with Gasteiger partial charge in [-0.2, -0.15) is 0 Å². The Bertz CT molecular complexity index is 988. The molecule has 1 N–H and O–H groups in total. The van der Waals surface area contributed by atoms with Crippen molar-refractivity contribution in [2.45, 2.75) is 26.3 Å². The van der Waals surface area contributed by atoms with Crippen LogP contribution in [0.1, 0.15) is 25.3 Å². The second kappa shape index (κ2) is 11.9. The van der Waals surface area contributed by atoms with E-state index in [0.29, 0.717) is 31.0 Å². The van der Waals surface area contributed by atoms with Crippen molar-refractivity contribution in [2.24, 2.45) is 0 Å². The minimum absolute atomic E-state index is 0.104. The monoisotopic (exact) mass is 475 g/mol. The third-order valence-electron chi connectivity index (χ3n) is 5.40. The van der Waals surface area contributed by atoms with Gasteiger partial charge in [0.15, 0.2) is 0 Å². The van der Waals surface area contributed by atoms with E-state index in [2.05, 4.69) is 22.3 Å². The van der Waals surface area contributed by atoms with Gasteiger partial charge < -0.3 is 19.7 Å². The first-order chi connectivity index (χ1) is 15.9. The van der Waals surface area contributed by atoms with Gasteiger partial charge in [-0.05, 0) is 55.3 Å². The van der Waals surface area contributed by atoms with Crippen LogP contribution in [0, 0.1) is 0 Å². The lowest BCUT2D eigenvalue weighted by atomic mass is 10.2. The van der Waals surface area contributed by atoms with Crippen LogP contribution >= 0.6 is 0 Å². The molecule has 0 spiro atoms. The van der Waals surface area contributed by atoms with Crippen LogP contribution in [-0.2, 0) is 26.1 Å². The summed E-state index contributed by atoms with van der Waals surface area (Å²) in [6.45, 7) is 6.37. The number of carbonyl (C=O) groups excluding carboxylic acids is 1. The van der Waals surface area contributed by atoms with E-state index >= 15 is 0 Å². The zero-order valence-corrected chi connectivity index (χ0v) is 20.1. The van der Waals surface area contributed by atoms with Crippen LogP contribution in [-0.4, -0.2) is 60.0 Å². The molecular formula is C24H33N3O5S. The van der Waals surface area contributed by atoms with Crippen molar-refractivity contribution in [1.29, 1.82) is 0 Å². The molecule has 1 aliphatic rings. The van der Waals surface area contributed by atoms with E-state index in [9.17, 15) is 13.2 Å². The lowest BCUT2D eigenvalue weighted by Gasteiger charge is -2.28. The Labute approximate surface area is 196 Å². The number of nitrogens with one attached hydrogen (secondary N) is 1. The summed E-state index contributed by atoms with van der Waals surface area (Å²) in [7, 11) is -3.46. The summed E-state index contributed by atoms with van der Waals surface area (Å²) in [4.78, 5) is 14.6. The molecule has 0 radical (unpaired) electrons. The first-order valence-corrected chi connectivity index (χ1v) is 13.1. The molecular weight excluding hydrogens is 442 g/mol. The molecule has 33 heavy (non-hydrogen) atoms. The molecule has 1 aliphatic heterocycles. The van der Waals surface area contributed by atoms with Crippen LogP contribution in [0.15, 0.2) is 48.5 Å². The minimum Gasteiger partial charge on any atom is -0.494 e. The molecule has 0 aliphatic carbocycles. The predicted octanol–water partition coefficient (Wildman–Crippen LogP) is 2.78. The highest BCUT2D eigenvalue weighted by Crippen LogP contribution is 2.22. The molecule has 8 nitrogen and oxygen atoms in total. The van der Waals surface area contributed by atoms with Gasteiger partial charge in [0, 0.05) is 38.3 Å². The maximum Gasteiger partial charge on any atom is 0.232 e. The smallest absolute Gasteiger partial charge is 0.232 e. The maximum absolute atomic E-state index is 12.3. The predicted molar refractivity (Wildman–Crippen MR) is 130 cm³/mol. The van der Waals surface area contributed by atoms with Crippen molar-refractivity contribution in [3.8, 4) is 5.75 Å². The molecule has 0 bridgehead atoms. The molecule has 0 atom stereocenters. The lowest BCUT2D eigenvalue weighted by Crippen LogP contribution is -2.36. The van der Waals surface area contributed by atoms with Crippen LogP contribution < -0.4 is 19.3 Å². The molecule has 1 fully saturated rings. The number of carbonyl (C=O) groups is 1. The largest absolute Gasteiger partial charge is 0.494 e. The summed E-state index contributed by atoms with van der Waals surface area (Å²) in [5.41, 5.74) is 2.73. The van der Waals surface area contributed by atoms with Crippen molar-refractivity contribution in [1.82, 2.24) is 5.32 Å². The number of hydrogen-bond donors (Lipinski definition) is 1. The Morgan fingerprint density at radius 2 is 1.76 bits per heavy atom. The number of amides is 1. The van der Waals surface area contributed by atoms with Gasteiger partial charge in [0.1, 0.15) is 5.75 Å². The Balaban J connectivity index is 1.46. The fraction of sp³-hybridized carbons (Fsp3) is 0.458. The summed E-state index contributed by atoms with van der Waals surface area (Å²) < 4.78 is 36.6. The van der Waals surface area contributed by atoms with Crippen molar-refractivity contribution in [2.75, 3.05) is 54.9 Å². The first-order valence-electron chi connectivity index (χ1n) is 11.3. The van der Waals surface area contributed by atoms with Gasteiger partial charge >= 0.3 is 0 Å². The zero-order chi connectivity index (χ0) is 23.7. The number of nitrogens with zero attached hydrogens (tertiary/aromatic N) is 2. The molecule has 3 rings (SSSR count). The number of anilines is 2. The summed E-state index contributed by atoms with van der Waals surface area (Å²) >= 11 is 0. The van der Waals surface area contributed by atoms with Gasteiger partial charge in [0.2, 0.25) is 15.9 Å². The SMILES string of the molecule is CCOc1ccc(N(CCCC(=O)NCc2ccc(N3CCOCC3)cc2)S(C)(=O)=O)cc1. The number of benzene rings is 2. The molecule has 2 aromatic carbocycles. The van der Waals surface area contributed by atoms with E-state index in [4.69, 9.17) is 9.47 Å². The summed E-state index contributed by atoms with van der Waals surface area (Å²) in [5, 5.41) is 2.91. The van der Waals surface area contributed by atoms with Gasteiger partial charge in [-0.15, -0.1) is 0 Å². The third-order valence-corrected chi connectivity index (χ3v) is 6.60. The van der Waals surface area contributed by atoms with Crippen molar-refractivity contribution in [3.05, 3.63) is 54.1 Å². The van der Waals surface area contributed by atoms with Crippen molar-refractivity contribution < 1.29 is 22.7 Å². The van der Waals surface area contributed by atoms with Crippen LogP contribution in [0.3, 0.4) is 0 Å². The van der Waals surface area contributed by atoms with E-state index in [-0.39, 0.29) is 18.9 Å². The van der Waals surface area contributed by atoms with E-state index in [1.54, 1.807) is 24.3 Å². The normalized spacial score (nSPS) is 14.1. The number of sulfonamides is 1. The van der Waals surface area contributed by atoms with E-state index < -0.39 is 10.0 Å². The molecule has 9 heteroatoms. The number of morpholine rings is 1. The van der Waals surface area contributed by atoms with Crippen LogP contribution in [0.25, 0.3) is 0 Å². The Morgan fingerprint density at radius 1 is 1.09 bits per heavy atom. The highest BCUT2D eigenvalue weighted by Gasteiger charge is 2.18. The van der Waals surface area contributed by atoms with Crippen LogP contribution in [0.4, 0.5) is 11.4 Å². The average molecular weight is 476 g/mol. The summed E-state index contributed by atoms with van der Waals surface area (Å²) in [5.74, 6) is 0.583. The van der Waals surface area contributed by atoms with E-state index in [0.717, 1.165) is 37.6 Å². The van der Waals surface area contributed by atoms with Gasteiger partial charge in [0.25, 0.3) is 0 Å². The fourth-order valence-electron chi connectivity index (χ4n) is 3.68. The Morgan fingerprint density at radius 3 is 2.36 bits per heavy atom. The van der Waals surface area contributed by atoms with E-state index in [1.165, 1.54) is 10.6 Å². The molecule has 2 aromatic rings. The summed E-state index contributed by atoms with van der Waals surface area (Å²) in [6.07, 6.45) is 1.83. The lowest BCUT2D eigenvalue weighted by molar-refractivity contribution is -0.121. The first kappa shape index (κ1) is 24.9. The van der Waals surface area contributed by atoms with Crippen molar-refractivity contribution in [3.63, 3.8) is 0 Å². The van der Waals surface area contributed by atoms with Gasteiger partial charge in [0.05, 0.1) is 31.8 Å². The van der Waals surface area contributed by atoms with Gasteiger partial charge in [-0.3, -0.25) is 9.10 Å². The highest BCUT2D eigenvalue weighted by molar-refractivity contribution is 7.92. The molecule has 1 saturated heterocycles. The Kier molecular flexibility index (Phi) is 8.96. The highest BCUT2D eigenvalue weighted by atomic mass is 32.2. The second-order valence-electron chi connectivity index (χ2n) is 7.91. The average Bonchev–Trinajstić information content (AvgIpc) is 2.81. The van der Waals surface area contributed by atoms with Crippen LogP contribution in [0.5, 0.6) is 5.75 Å². The minimum atomic E-state index is -3.46. The Hall–Kier alpha value is -2.78. The second-order valence-corrected chi connectivity index (χ2v) is 9.82. The fourth-order valence-corrected chi connectivity index (χ4v) is 4.65. The van der Waals surface area contributed by atoms with Crippen LogP contribution in [0.2, 0.25) is 0 Å². The topological polar surface area (TPSA) is 88.2 Å². The van der Waals surface area contributed by atoms with Gasteiger partial charge in [-0.1, -0.05) is 12.1 Å². The molecule has 180 valence electrons. The molecule has 0 aromatic heterocycles. The third kappa shape index (κ3) is 7.64. The molecule has 1 amide bonds. The zero-order valence-electron chi connectivity index (χ0n) is 19.3. The standard InChI is InChI=1S/C24H33N3O5S/c1-3-32-23-12-10-22(11-13-23)27(33(2,29)30)14-4-5-24(28)25-19-20-6-8-21(9-7-20)26-15-17-31-18-16-26/h6-13H,3-5,14-19H2,1-2H3,(H,25,28). The molecule has 0 unspecified atom stereocenters. The molecule has 1 heterocycles. The van der Waals surface area contributed by atoms with E-state index in [1.807, 2.05) is 19.1 Å². The molecule has 0 saturated carbocycles. The quantitative estimate of drug-likeness (QED) is 0.538.